The minimum absolute atomic E-state index is 0.439. The lowest BCUT2D eigenvalue weighted by atomic mass is 10.2. The van der Waals surface area contributed by atoms with Crippen LogP contribution in [0.2, 0.25) is 0 Å². The second kappa shape index (κ2) is 7.08. The molecule has 0 aliphatic rings. The Hall–Kier alpha value is -2.08. The van der Waals surface area contributed by atoms with Crippen LogP contribution in [-0.4, -0.2) is 37.0 Å². The molecule has 0 unspecified atom stereocenters. The van der Waals surface area contributed by atoms with Crippen molar-refractivity contribution in [2.45, 2.75) is 26.3 Å². The van der Waals surface area contributed by atoms with Gasteiger partial charge in [0.1, 0.15) is 11.5 Å². The SMILES string of the molecule is COc1ccc(-c2nnc(CCNC(C)C)o2)c(OC)c1. The molecule has 0 amide bonds. The van der Waals surface area contributed by atoms with E-state index in [1.165, 1.54) is 0 Å². The highest BCUT2D eigenvalue weighted by atomic mass is 16.5. The molecule has 0 atom stereocenters. The van der Waals surface area contributed by atoms with Crippen LogP contribution in [0.25, 0.3) is 11.5 Å². The molecular formula is C15H21N3O3. The zero-order chi connectivity index (χ0) is 15.2. The van der Waals surface area contributed by atoms with E-state index in [2.05, 4.69) is 29.4 Å². The van der Waals surface area contributed by atoms with Gasteiger partial charge in [-0.2, -0.15) is 0 Å². The average Bonchev–Trinajstić information content (AvgIpc) is 2.94. The summed E-state index contributed by atoms with van der Waals surface area (Å²) in [7, 11) is 3.21. The number of nitrogens with zero attached hydrogens (tertiary/aromatic N) is 2. The maximum atomic E-state index is 5.68. The molecule has 21 heavy (non-hydrogen) atoms. The molecule has 6 heteroatoms. The highest BCUT2D eigenvalue weighted by Crippen LogP contribution is 2.32. The van der Waals surface area contributed by atoms with Crippen LogP contribution in [0.5, 0.6) is 11.5 Å². The van der Waals surface area contributed by atoms with E-state index in [4.69, 9.17) is 13.9 Å². The van der Waals surface area contributed by atoms with Gasteiger partial charge in [0.2, 0.25) is 5.89 Å². The fourth-order valence-corrected chi connectivity index (χ4v) is 1.91. The maximum absolute atomic E-state index is 5.68. The first kappa shape index (κ1) is 15.3. The molecule has 0 saturated heterocycles. The first-order valence-corrected chi connectivity index (χ1v) is 6.92. The van der Waals surface area contributed by atoms with Gasteiger partial charge < -0.3 is 19.2 Å². The van der Waals surface area contributed by atoms with Gasteiger partial charge in [-0.3, -0.25) is 0 Å². The number of aromatic nitrogens is 2. The predicted molar refractivity (Wildman–Crippen MR) is 79.7 cm³/mol. The molecule has 1 heterocycles. The van der Waals surface area contributed by atoms with Crippen LogP contribution in [0.15, 0.2) is 22.6 Å². The van der Waals surface area contributed by atoms with Crippen LogP contribution < -0.4 is 14.8 Å². The Morgan fingerprint density at radius 2 is 2.00 bits per heavy atom. The van der Waals surface area contributed by atoms with Gasteiger partial charge in [0.05, 0.1) is 19.8 Å². The molecule has 0 bridgehead atoms. The quantitative estimate of drug-likeness (QED) is 0.844. The minimum atomic E-state index is 0.439. The van der Waals surface area contributed by atoms with Crippen molar-refractivity contribution in [1.82, 2.24) is 15.5 Å². The summed E-state index contributed by atoms with van der Waals surface area (Å²) in [6.07, 6.45) is 0.698. The summed E-state index contributed by atoms with van der Waals surface area (Å²) in [5, 5.41) is 11.5. The summed E-state index contributed by atoms with van der Waals surface area (Å²) in [6, 6.07) is 5.91. The standard InChI is InChI=1S/C15H21N3O3/c1-10(2)16-8-7-14-17-18-15(21-14)12-6-5-11(19-3)9-13(12)20-4/h5-6,9-10,16H,7-8H2,1-4H3. The predicted octanol–water partition coefficient (Wildman–Crippen LogP) is 2.29. The van der Waals surface area contributed by atoms with E-state index in [0.29, 0.717) is 30.0 Å². The molecule has 0 saturated carbocycles. The van der Waals surface area contributed by atoms with Crippen molar-refractivity contribution in [3.63, 3.8) is 0 Å². The van der Waals surface area contributed by atoms with Gasteiger partial charge in [-0.25, -0.2) is 0 Å². The summed E-state index contributed by atoms with van der Waals surface area (Å²) >= 11 is 0. The largest absolute Gasteiger partial charge is 0.497 e. The Morgan fingerprint density at radius 3 is 2.67 bits per heavy atom. The van der Waals surface area contributed by atoms with Crippen molar-refractivity contribution < 1.29 is 13.9 Å². The van der Waals surface area contributed by atoms with Crippen molar-refractivity contribution >= 4 is 0 Å². The first-order chi connectivity index (χ1) is 10.1. The average molecular weight is 291 g/mol. The van der Waals surface area contributed by atoms with Crippen LogP contribution in [0.4, 0.5) is 0 Å². The molecule has 0 aliphatic carbocycles. The van der Waals surface area contributed by atoms with Crippen molar-refractivity contribution in [3.8, 4) is 23.0 Å². The second-order valence-corrected chi connectivity index (χ2v) is 4.93. The summed E-state index contributed by atoms with van der Waals surface area (Å²) in [5.41, 5.74) is 0.758. The normalized spacial score (nSPS) is 10.9. The van der Waals surface area contributed by atoms with Crippen LogP contribution in [-0.2, 0) is 6.42 Å². The van der Waals surface area contributed by atoms with Crippen molar-refractivity contribution in [3.05, 3.63) is 24.1 Å². The van der Waals surface area contributed by atoms with E-state index in [1.807, 2.05) is 12.1 Å². The topological polar surface area (TPSA) is 69.4 Å². The van der Waals surface area contributed by atoms with E-state index >= 15 is 0 Å². The maximum Gasteiger partial charge on any atom is 0.251 e. The zero-order valence-electron chi connectivity index (χ0n) is 12.8. The number of hydrogen-bond acceptors (Lipinski definition) is 6. The highest BCUT2D eigenvalue weighted by Gasteiger charge is 2.14. The number of methoxy groups -OCH3 is 2. The molecule has 114 valence electrons. The summed E-state index contributed by atoms with van der Waals surface area (Å²) in [6.45, 7) is 5.00. The molecule has 2 aromatic rings. The van der Waals surface area contributed by atoms with Gasteiger partial charge in [0.25, 0.3) is 5.89 Å². The first-order valence-electron chi connectivity index (χ1n) is 6.92. The Balaban J connectivity index is 2.13. The zero-order valence-corrected chi connectivity index (χ0v) is 12.8. The van der Waals surface area contributed by atoms with Gasteiger partial charge in [0, 0.05) is 25.1 Å². The molecule has 0 spiro atoms. The molecule has 1 aromatic heterocycles. The molecular weight excluding hydrogens is 270 g/mol. The third-order valence-electron chi connectivity index (χ3n) is 3.00. The lowest BCUT2D eigenvalue weighted by Gasteiger charge is -2.07. The molecule has 0 fully saturated rings. The van der Waals surface area contributed by atoms with E-state index in [1.54, 1.807) is 20.3 Å². The number of benzene rings is 1. The van der Waals surface area contributed by atoms with Gasteiger partial charge in [-0.05, 0) is 12.1 Å². The van der Waals surface area contributed by atoms with Gasteiger partial charge in [-0.1, -0.05) is 13.8 Å². The lowest BCUT2D eigenvalue weighted by molar-refractivity contribution is 0.394. The number of ether oxygens (including phenoxy) is 2. The fraction of sp³-hybridized carbons (Fsp3) is 0.467. The van der Waals surface area contributed by atoms with Crippen molar-refractivity contribution in [1.29, 1.82) is 0 Å². The van der Waals surface area contributed by atoms with E-state index in [0.717, 1.165) is 17.9 Å². The minimum Gasteiger partial charge on any atom is -0.497 e. The lowest BCUT2D eigenvalue weighted by Crippen LogP contribution is -2.25. The van der Waals surface area contributed by atoms with Crippen molar-refractivity contribution in [2.24, 2.45) is 0 Å². The smallest absolute Gasteiger partial charge is 0.251 e. The molecule has 1 N–H and O–H groups in total. The van der Waals surface area contributed by atoms with Gasteiger partial charge in [0.15, 0.2) is 0 Å². The summed E-state index contributed by atoms with van der Waals surface area (Å²) < 4.78 is 16.2. The Bertz CT molecular complexity index is 581. The van der Waals surface area contributed by atoms with E-state index in [-0.39, 0.29) is 0 Å². The van der Waals surface area contributed by atoms with Gasteiger partial charge in [-0.15, -0.1) is 10.2 Å². The van der Waals surface area contributed by atoms with E-state index < -0.39 is 0 Å². The van der Waals surface area contributed by atoms with Crippen molar-refractivity contribution in [2.75, 3.05) is 20.8 Å². The van der Waals surface area contributed by atoms with Crippen LogP contribution in [0, 0.1) is 0 Å². The summed E-state index contributed by atoms with van der Waals surface area (Å²) in [4.78, 5) is 0. The monoisotopic (exact) mass is 291 g/mol. The van der Waals surface area contributed by atoms with E-state index in [9.17, 15) is 0 Å². The molecule has 6 nitrogen and oxygen atoms in total. The summed E-state index contributed by atoms with van der Waals surface area (Å²) in [5.74, 6) is 2.42. The fourth-order valence-electron chi connectivity index (χ4n) is 1.91. The van der Waals surface area contributed by atoms with Crippen LogP contribution in [0.3, 0.4) is 0 Å². The van der Waals surface area contributed by atoms with Crippen LogP contribution in [0.1, 0.15) is 19.7 Å². The number of nitrogens with one attached hydrogen (secondary N) is 1. The second-order valence-electron chi connectivity index (χ2n) is 4.93. The molecule has 0 radical (unpaired) electrons. The number of hydrogen-bond donors (Lipinski definition) is 1. The molecule has 1 aromatic carbocycles. The Labute approximate surface area is 124 Å². The Kier molecular flexibility index (Phi) is 5.16. The molecule has 2 rings (SSSR count). The third-order valence-corrected chi connectivity index (χ3v) is 3.00. The van der Waals surface area contributed by atoms with Gasteiger partial charge >= 0.3 is 0 Å². The molecule has 0 aliphatic heterocycles. The Morgan fingerprint density at radius 1 is 1.19 bits per heavy atom. The number of rotatable bonds is 7. The van der Waals surface area contributed by atoms with Crippen LogP contribution >= 0.6 is 0 Å². The highest BCUT2D eigenvalue weighted by molar-refractivity contribution is 5.64. The third kappa shape index (κ3) is 3.95.